The predicted octanol–water partition coefficient (Wildman–Crippen LogP) is 21.3. The fourth-order valence-corrected chi connectivity index (χ4v) is 12.1. The minimum Gasteiger partial charge on any atom is -0.507 e. The molecule has 518 valence electrons. The van der Waals surface area contributed by atoms with Crippen molar-refractivity contribution in [2.75, 3.05) is 0 Å². The largest absolute Gasteiger partial charge is 0.507 e. The third kappa shape index (κ3) is 17.4. The molecule has 0 saturated carbocycles. The molecule has 0 aliphatic carbocycles. The second-order valence-electron chi connectivity index (χ2n) is 30.5. The molecule has 9 aromatic carbocycles. The third-order valence-electron chi connectivity index (χ3n) is 18.9. The van der Waals surface area contributed by atoms with Crippen LogP contribution in [0.5, 0.6) is 28.7 Å². The van der Waals surface area contributed by atoms with E-state index in [2.05, 4.69) is 134 Å². The van der Waals surface area contributed by atoms with Crippen LogP contribution in [0.3, 0.4) is 0 Å². The van der Waals surface area contributed by atoms with Crippen LogP contribution in [0.25, 0.3) is 24.3 Å². The van der Waals surface area contributed by atoms with Crippen LogP contribution in [-0.4, -0.2) is 39.8 Å². The molecule has 0 amide bonds. The standard InChI is InChI=1S/C91H102N2O7/c1-20-63-24-32-67(33-25-63)56-97-81-44-40-73(86(8,9)10)50-77(81)90(95,78-51-74(87(11,12)13)41-45-82(78)98-57-68-34-26-64(21-2)27-35-68)61(6)92-54-71-48-60(5)49-72(85(71)94)55-93-62(7)91(96,79-52-75(88(14,15)16)42-46-83(79)99-58-69-36-28-65(22-3)29-37-69)80-53-76(89(17,18)19)43-47-84(80)100-59-70-38-30-66(23-4)31-39-70/h20-55,61-62,94-96H,1-4,56-59H2,5-19H3/t61-,62-/m1/s1. The summed E-state index contributed by atoms with van der Waals surface area (Å²) in [6, 6.07) is 58.1. The molecule has 0 aliphatic rings. The molecular formula is C91H102N2O7. The minimum absolute atomic E-state index is 0.102. The lowest BCUT2D eigenvalue weighted by Crippen LogP contribution is -2.39. The third-order valence-corrected chi connectivity index (χ3v) is 18.9. The molecule has 0 aliphatic heterocycles. The fraction of sp³-hybridized carbons (Fsp3) is 0.297. The molecule has 9 rings (SSSR count). The number of aromatic hydroxyl groups is 1. The highest BCUT2D eigenvalue weighted by Gasteiger charge is 2.46. The monoisotopic (exact) mass is 1330 g/mol. The highest BCUT2D eigenvalue weighted by Crippen LogP contribution is 2.49. The molecule has 0 heterocycles. The Morgan fingerprint density at radius 2 is 0.570 bits per heavy atom. The molecule has 0 bridgehead atoms. The molecule has 2 atom stereocenters. The van der Waals surface area contributed by atoms with Crippen LogP contribution in [-0.2, 0) is 59.3 Å². The second-order valence-corrected chi connectivity index (χ2v) is 30.5. The van der Waals surface area contributed by atoms with Crippen molar-refractivity contribution in [1.82, 2.24) is 0 Å². The van der Waals surface area contributed by atoms with Gasteiger partial charge >= 0.3 is 0 Å². The number of hydrogen-bond donors (Lipinski definition) is 3. The Morgan fingerprint density at radius 1 is 0.350 bits per heavy atom. The number of phenols is 1. The molecule has 3 N–H and O–H groups in total. The van der Waals surface area contributed by atoms with Gasteiger partial charge in [0.25, 0.3) is 0 Å². The Bertz CT molecular complexity index is 3920. The molecule has 9 aromatic rings. The molecule has 9 heteroatoms. The van der Waals surface area contributed by atoms with Gasteiger partial charge in [-0.15, -0.1) is 0 Å². The van der Waals surface area contributed by atoms with Gasteiger partial charge in [-0.2, -0.15) is 0 Å². The van der Waals surface area contributed by atoms with Crippen LogP contribution in [0.4, 0.5) is 0 Å². The smallest absolute Gasteiger partial charge is 0.144 e. The molecule has 9 nitrogen and oxygen atoms in total. The molecular weight excluding hydrogens is 1230 g/mol. The summed E-state index contributed by atoms with van der Waals surface area (Å²) in [5.41, 5.74) is 9.86. The van der Waals surface area contributed by atoms with Gasteiger partial charge in [0.1, 0.15) is 66.4 Å². The number of rotatable bonds is 26. The van der Waals surface area contributed by atoms with Crippen LogP contribution in [0.1, 0.15) is 203 Å². The van der Waals surface area contributed by atoms with Crippen molar-refractivity contribution in [3.63, 3.8) is 0 Å². The average molecular weight is 1340 g/mol. The van der Waals surface area contributed by atoms with E-state index in [0.717, 1.165) is 72.3 Å². The van der Waals surface area contributed by atoms with Crippen LogP contribution in [0.15, 0.2) is 218 Å². The highest BCUT2D eigenvalue weighted by atomic mass is 16.5. The van der Waals surface area contributed by atoms with Crippen molar-refractivity contribution in [3.8, 4) is 28.7 Å². The normalized spacial score (nSPS) is 13.1. The maximum Gasteiger partial charge on any atom is 0.144 e. The van der Waals surface area contributed by atoms with Crippen molar-refractivity contribution < 1.29 is 34.3 Å². The van der Waals surface area contributed by atoms with Crippen molar-refractivity contribution in [2.45, 2.75) is 175 Å². The van der Waals surface area contributed by atoms with Crippen LogP contribution in [0, 0.1) is 6.92 Å². The van der Waals surface area contributed by atoms with E-state index in [1.165, 1.54) is 0 Å². The van der Waals surface area contributed by atoms with E-state index in [4.69, 9.17) is 28.9 Å². The zero-order chi connectivity index (χ0) is 72.5. The summed E-state index contributed by atoms with van der Waals surface area (Å²) in [4.78, 5) is 10.6. The van der Waals surface area contributed by atoms with Gasteiger partial charge in [-0.3, -0.25) is 9.98 Å². The van der Waals surface area contributed by atoms with E-state index in [1.807, 2.05) is 203 Å². The molecule has 0 unspecified atom stereocenters. The Kier molecular flexibility index (Phi) is 22.9. The molecule has 0 spiro atoms. The van der Waals surface area contributed by atoms with E-state index >= 15 is 0 Å². The Hall–Kier alpha value is -9.80. The lowest BCUT2D eigenvalue weighted by atomic mass is 9.75. The summed E-state index contributed by atoms with van der Waals surface area (Å²) in [5, 5.41) is 41.8. The van der Waals surface area contributed by atoms with Gasteiger partial charge in [0.05, 0.1) is 12.1 Å². The van der Waals surface area contributed by atoms with E-state index in [9.17, 15) is 15.3 Å². The molecule has 0 fully saturated rings. The summed E-state index contributed by atoms with van der Waals surface area (Å²) in [6.45, 7) is 48.1. The van der Waals surface area contributed by atoms with Gasteiger partial charge in [-0.1, -0.05) is 255 Å². The summed E-state index contributed by atoms with van der Waals surface area (Å²) >= 11 is 0. The predicted molar refractivity (Wildman–Crippen MR) is 417 cm³/mol. The van der Waals surface area contributed by atoms with Crippen LogP contribution < -0.4 is 18.9 Å². The van der Waals surface area contributed by atoms with Gasteiger partial charge in [0.2, 0.25) is 0 Å². The quantitative estimate of drug-likeness (QED) is 0.0462. The SMILES string of the molecule is C=Cc1ccc(COc2ccc(C(C)(C)C)cc2C(O)(c2cc(C(C)(C)C)ccc2OCc2ccc(C=C)cc2)[C@@H](C)N=Cc2cc(C)cc(C=N[C@H](C)C(O)(c3cc(C(C)(C)C)ccc3OCc3ccc(C=C)cc3)c3cc(C(C)(C)C)ccc3OCc3ccc(C=C)cc3)c2O)cc1. The zero-order valence-corrected chi connectivity index (χ0v) is 61.5. The fourth-order valence-electron chi connectivity index (χ4n) is 12.1. The van der Waals surface area contributed by atoms with Gasteiger partial charge in [0.15, 0.2) is 0 Å². The van der Waals surface area contributed by atoms with E-state index in [1.54, 1.807) is 12.4 Å². The Morgan fingerprint density at radius 3 is 0.770 bits per heavy atom. The van der Waals surface area contributed by atoms with E-state index in [0.29, 0.717) is 56.4 Å². The first-order valence-electron chi connectivity index (χ1n) is 34.6. The Labute approximate surface area is 595 Å². The lowest BCUT2D eigenvalue weighted by molar-refractivity contribution is 0.0512. The van der Waals surface area contributed by atoms with Crippen molar-refractivity contribution in [2.24, 2.45) is 9.98 Å². The maximum absolute atomic E-state index is 14.5. The number of ether oxygens (including phenoxy) is 4. The van der Waals surface area contributed by atoms with Crippen molar-refractivity contribution in [3.05, 3.63) is 314 Å². The number of aliphatic hydroxyl groups is 2. The molecule has 100 heavy (non-hydrogen) atoms. The van der Waals surface area contributed by atoms with E-state index in [-0.39, 0.29) is 53.8 Å². The topological polar surface area (TPSA) is 122 Å². The van der Waals surface area contributed by atoms with Gasteiger partial charge < -0.3 is 34.3 Å². The van der Waals surface area contributed by atoms with Crippen molar-refractivity contribution >= 4 is 36.7 Å². The summed E-state index contributed by atoms with van der Waals surface area (Å²) in [7, 11) is 0. The first-order valence-corrected chi connectivity index (χ1v) is 34.6. The summed E-state index contributed by atoms with van der Waals surface area (Å²) in [5.74, 6) is 1.76. The average Bonchev–Trinajstić information content (AvgIpc) is 0.746. The number of hydrogen-bond acceptors (Lipinski definition) is 9. The minimum atomic E-state index is -1.95. The first kappa shape index (κ1) is 74.4. The highest BCUT2D eigenvalue weighted by molar-refractivity contribution is 5.92. The number of aliphatic imine (C=N–C) groups is 2. The maximum atomic E-state index is 14.5. The van der Waals surface area contributed by atoms with Crippen LogP contribution in [0.2, 0.25) is 0 Å². The number of aryl methyl sites for hydroxylation is 1. The van der Waals surface area contributed by atoms with E-state index < -0.39 is 23.3 Å². The summed E-state index contributed by atoms with van der Waals surface area (Å²) in [6.07, 6.45) is 10.5. The number of nitrogens with zero attached hydrogens (tertiary/aromatic N) is 2. The Balaban J connectivity index is 1.20. The summed E-state index contributed by atoms with van der Waals surface area (Å²) < 4.78 is 27.4. The second kappa shape index (κ2) is 30.8. The molecule has 0 radical (unpaired) electrons. The van der Waals surface area contributed by atoms with Gasteiger partial charge in [0, 0.05) is 45.8 Å². The van der Waals surface area contributed by atoms with Crippen LogP contribution >= 0.6 is 0 Å². The van der Waals surface area contributed by atoms with Gasteiger partial charge in [-0.05, 0) is 175 Å². The molecule has 0 saturated heterocycles. The number of phenolic OH excluding ortho intramolecular Hbond substituents is 1. The molecule has 0 aromatic heterocycles. The van der Waals surface area contributed by atoms with Gasteiger partial charge in [-0.25, -0.2) is 0 Å². The lowest BCUT2D eigenvalue weighted by Gasteiger charge is -2.37. The number of benzene rings is 9. The van der Waals surface area contributed by atoms with Crippen molar-refractivity contribution in [1.29, 1.82) is 0 Å². The first-order chi connectivity index (χ1) is 47.3. The zero-order valence-electron chi connectivity index (χ0n) is 61.5.